The topological polar surface area (TPSA) is 76.9 Å². The monoisotopic (exact) mass is 320 g/mol. The van der Waals surface area contributed by atoms with Crippen LogP contribution in [0.1, 0.15) is 41.3 Å². The third-order valence-corrected chi connectivity index (χ3v) is 3.95. The molecule has 0 atom stereocenters. The van der Waals surface area contributed by atoms with Gasteiger partial charge in [-0.15, -0.1) is 12.4 Å². The number of halogens is 1. The van der Waals surface area contributed by atoms with E-state index in [1.165, 1.54) is 18.5 Å². The molecule has 118 valence electrons. The predicted octanol–water partition coefficient (Wildman–Crippen LogP) is 2.83. The smallest absolute Gasteiger partial charge is 0.144 e. The third-order valence-electron chi connectivity index (χ3n) is 3.95. The van der Waals surface area contributed by atoms with E-state index in [1.54, 1.807) is 7.11 Å². The van der Waals surface area contributed by atoms with Crippen LogP contribution in [0, 0.1) is 12.3 Å². The Hall–Kier alpha value is -2.01. The van der Waals surface area contributed by atoms with E-state index in [-0.39, 0.29) is 18.2 Å². The van der Waals surface area contributed by atoms with E-state index >= 15 is 0 Å². The largest absolute Gasteiger partial charge is 0.497 e. The van der Waals surface area contributed by atoms with E-state index in [9.17, 15) is 0 Å². The van der Waals surface area contributed by atoms with Crippen LogP contribution in [-0.4, -0.2) is 22.7 Å². The first-order valence-corrected chi connectivity index (χ1v) is 7.14. The summed E-state index contributed by atoms with van der Waals surface area (Å²) in [5, 5.41) is 12.2. The number of rotatable bonds is 5. The van der Waals surface area contributed by atoms with Crippen LogP contribution in [0.15, 0.2) is 24.3 Å². The van der Waals surface area contributed by atoms with Crippen molar-refractivity contribution in [2.45, 2.75) is 32.2 Å². The SMILES string of the molecule is COc1ccc(Cn2nc(C(=N)N)c(C)c2C2CC2)cc1.Cl. The third kappa shape index (κ3) is 3.09. The second-order valence-electron chi connectivity index (χ2n) is 5.55. The Labute approximate surface area is 136 Å². The summed E-state index contributed by atoms with van der Waals surface area (Å²) in [5.41, 5.74) is 9.70. The molecule has 22 heavy (non-hydrogen) atoms. The normalized spacial score (nSPS) is 13.5. The van der Waals surface area contributed by atoms with Crippen molar-refractivity contribution in [1.82, 2.24) is 9.78 Å². The van der Waals surface area contributed by atoms with Gasteiger partial charge in [-0.3, -0.25) is 10.1 Å². The van der Waals surface area contributed by atoms with Crippen LogP contribution in [-0.2, 0) is 6.54 Å². The summed E-state index contributed by atoms with van der Waals surface area (Å²) >= 11 is 0. The van der Waals surface area contributed by atoms with Crippen molar-refractivity contribution >= 4 is 18.2 Å². The van der Waals surface area contributed by atoms with Gasteiger partial charge in [0.25, 0.3) is 0 Å². The van der Waals surface area contributed by atoms with Crippen LogP contribution >= 0.6 is 12.4 Å². The molecule has 0 amide bonds. The molecule has 1 heterocycles. The minimum absolute atomic E-state index is 0. The quantitative estimate of drug-likeness (QED) is 0.657. The standard InChI is InChI=1S/C16H20N4O.ClH/c1-10-14(16(17)18)19-20(15(10)12-5-6-12)9-11-3-7-13(21-2)8-4-11;/h3-4,7-8,12H,5-6,9H2,1-2H3,(H3,17,18);1H. The molecule has 1 aliphatic rings. The first-order valence-electron chi connectivity index (χ1n) is 7.14. The Kier molecular flexibility index (Phi) is 4.76. The second kappa shape index (κ2) is 6.40. The minimum atomic E-state index is 0. The number of hydrogen-bond acceptors (Lipinski definition) is 3. The van der Waals surface area contributed by atoms with E-state index in [0.29, 0.717) is 18.2 Å². The van der Waals surface area contributed by atoms with Crippen LogP contribution in [0.2, 0.25) is 0 Å². The number of nitrogens with two attached hydrogens (primary N) is 1. The van der Waals surface area contributed by atoms with Gasteiger partial charge in [-0.25, -0.2) is 0 Å². The fourth-order valence-corrected chi connectivity index (χ4v) is 2.72. The number of nitrogen functional groups attached to an aromatic ring is 1. The van der Waals surface area contributed by atoms with Crippen LogP contribution in [0.4, 0.5) is 0 Å². The zero-order chi connectivity index (χ0) is 15.0. The van der Waals surface area contributed by atoms with Crippen molar-refractivity contribution in [1.29, 1.82) is 5.41 Å². The molecule has 1 aliphatic carbocycles. The molecular weight excluding hydrogens is 300 g/mol. The lowest BCUT2D eigenvalue weighted by atomic mass is 10.1. The molecule has 1 aromatic heterocycles. The number of hydrogen-bond donors (Lipinski definition) is 2. The number of nitrogens with zero attached hydrogens (tertiary/aromatic N) is 2. The summed E-state index contributed by atoms with van der Waals surface area (Å²) in [5.74, 6) is 1.47. The van der Waals surface area contributed by atoms with Crippen molar-refractivity contribution in [3.05, 3.63) is 46.8 Å². The molecule has 6 heteroatoms. The molecule has 1 aromatic carbocycles. The number of ether oxygens (including phenoxy) is 1. The molecule has 0 saturated heterocycles. The van der Waals surface area contributed by atoms with Gasteiger partial charge in [0.2, 0.25) is 0 Å². The lowest BCUT2D eigenvalue weighted by molar-refractivity contribution is 0.414. The van der Waals surface area contributed by atoms with Crippen LogP contribution < -0.4 is 10.5 Å². The highest BCUT2D eigenvalue weighted by molar-refractivity contribution is 5.94. The molecule has 3 rings (SSSR count). The molecule has 0 aliphatic heterocycles. The number of amidine groups is 1. The highest BCUT2D eigenvalue weighted by Gasteiger charge is 2.31. The Balaban J connectivity index is 0.00000176. The molecule has 0 radical (unpaired) electrons. The van der Waals surface area contributed by atoms with Crippen LogP contribution in [0.25, 0.3) is 0 Å². The Morgan fingerprint density at radius 1 is 1.36 bits per heavy atom. The fourth-order valence-electron chi connectivity index (χ4n) is 2.72. The van der Waals surface area contributed by atoms with Gasteiger partial charge in [0.1, 0.15) is 17.3 Å². The molecule has 3 N–H and O–H groups in total. The number of nitrogens with one attached hydrogen (secondary N) is 1. The molecule has 1 fully saturated rings. The van der Waals surface area contributed by atoms with Gasteiger partial charge in [0, 0.05) is 17.2 Å². The zero-order valence-electron chi connectivity index (χ0n) is 12.8. The summed E-state index contributed by atoms with van der Waals surface area (Å²) in [6.45, 7) is 2.71. The van der Waals surface area contributed by atoms with E-state index in [2.05, 4.69) is 5.10 Å². The average molecular weight is 321 g/mol. The van der Waals surface area contributed by atoms with E-state index in [4.69, 9.17) is 15.9 Å². The first kappa shape index (κ1) is 16.4. The number of benzene rings is 1. The van der Waals surface area contributed by atoms with Gasteiger partial charge in [-0.05, 0) is 37.5 Å². The lowest BCUT2D eigenvalue weighted by Gasteiger charge is -2.08. The highest BCUT2D eigenvalue weighted by Crippen LogP contribution is 2.42. The van der Waals surface area contributed by atoms with Crippen LogP contribution in [0.5, 0.6) is 5.75 Å². The van der Waals surface area contributed by atoms with Gasteiger partial charge < -0.3 is 10.5 Å². The Morgan fingerprint density at radius 2 is 2.00 bits per heavy atom. The number of methoxy groups -OCH3 is 1. The maximum absolute atomic E-state index is 7.67. The van der Waals surface area contributed by atoms with Crippen molar-refractivity contribution in [2.75, 3.05) is 7.11 Å². The summed E-state index contributed by atoms with van der Waals surface area (Å²) in [7, 11) is 1.66. The summed E-state index contributed by atoms with van der Waals surface area (Å²) < 4.78 is 7.18. The van der Waals surface area contributed by atoms with Crippen LogP contribution in [0.3, 0.4) is 0 Å². The van der Waals surface area contributed by atoms with E-state index in [0.717, 1.165) is 16.9 Å². The highest BCUT2D eigenvalue weighted by atomic mass is 35.5. The average Bonchev–Trinajstić information content (AvgIpc) is 3.24. The summed E-state index contributed by atoms with van der Waals surface area (Å²) in [6.07, 6.45) is 2.40. The minimum Gasteiger partial charge on any atom is -0.497 e. The molecule has 0 unspecified atom stereocenters. The van der Waals surface area contributed by atoms with Crippen molar-refractivity contribution in [3.63, 3.8) is 0 Å². The van der Waals surface area contributed by atoms with Crippen molar-refractivity contribution < 1.29 is 4.74 Å². The van der Waals surface area contributed by atoms with Gasteiger partial charge >= 0.3 is 0 Å². The number of aromatic nitrogens is 2. The van der Waals surface area contributed by atoms with Crippen molar-refractivity contribution in [2.24, 2.45) is 5.73 Å². The zero-order valence-corrected chi connectivity index (χ0v) is 13.6. The van der Waals surface area contributed by atoms with Gasteiger partial charge in [-0.1, -0.05) is 12.1 Å². The summed E-state index contributed by atoms with van der Waals surface area (Å²) in [4.78, 5) is 0. The van der Waals surface area contributed by atoms with Gasteiger partial charge in [0.05, 0.1) is 13.7 Å². The molecule has 5 nitrogen and oxygen atoms in total. The molecule has 0 bridgehead atoms. The Bertz CT molecular complexity index is 674. The van der Waals surface area contributed by atoms with E-state index in [1.807, 2.05) is 35.9 Å². The lowest BCUT2D eigenvalue weighted by Crippen LogP contribution is -2.14. The van der Waals surface area contributed by atoms with E-state index < -0.39 is 0 Å². The fraction of sp³-hybridized carbons (Fsp3) is 0.375. The molecule has 2 aromatic rings. The molecule has 1 saturated carbocycles. The predicted molar refractivity (Wildman–Crippen MR) is 89.3 cm³/mol. The van der Waals surface area contributed by atoms with Gasteiger partial charge in [-0.2, -0.15) is 5.10 Å². The Morgan fingerprint density at radius 3 is 2.50 bits per heavy atom. The van der Waals surface area contributed by atoms with Gasteiger partial charge in [0.15, 0.2) is 0 Å². The summed E-state index contributed by atoms with van der Waals surface area (Å²) in [6, 6.07) is 7.99. The maximum atomic E-state index is 7.67. The first-order chi connectivity index (χ1) is 10.1. The maximum Gasteiger partial charge on any atom is 0.144 e. The molecule has 0 spiro atoms. The molecular formula is C16H21ClN4O. The second-order valence-corrected chi connectivity index (χ2v) is 5.55. The van der Waals surface area contributed by atoms with Crippen molar-refractivity contribution in [3.8, 4) is 5.75 Å².